The second-order valence-electron chi connectivity index (χ2n) is 4.72. The van der Waals surface area contributed by atoms with Crippen LogP contribution in [0.5, 0.6) is 5.75 Å². The maximum atomic E-state index is 13.6. The zero-order valence-electron chi connectivity index (χ0n) is 11.8. The van der Waals surface area contributed by atoms with E-state index in [2.05, 4.69) is 5.32 Å². The van der Waals surface area contributed by atoms with E-state index in [0.29, 0.717) is 21.9 Å². The third kappa shape index (κ3) is 3.93. The first-order valence-corrected chi connectivity index (χ1v) is 6.90. The van der Waals surface area contributed by atoms with Crippen LogP contribution in [0.25, 0.3) is 0 Å². The largest absolute Gasteiger partial charge is 0.496 e. The second kappa shape index (κ2) is 6.87. The number of rotatable bonds is 5. The van der Waals surface area contributed by atoms with Gasteiger partial charge in [0.2, 0.25) is 0 Å². The highest BCUT2D eigenvalue weighted by Gasteiger charge is 2.13. The SMILES string of the molecule is COc1ccc(F)cc1C(C)NCc1cc(Cl)ccc1F. The van der Waals surface area contributed by atoms with Crippen molar-refractivity contribution in [1.29, 1.82) is 0 Å². The summed E-state index contributed by atoms with van der Waals surface area (Å²) in [6.07, 6.45) is 0. The molecule has 112 valence electrons. The van der Waals surface area contributed by atoms with Crippen LogP contribution >= 0.6 is 11.6 Å². The zero-order chi connectivity index (χ0) is 15.4. The topological polar surface area (TPSA) is 21.3 Å². The minimum Gasteiger partial charge on any atom is -0.496 e. The van der Waals surface area contributed by atoms with Gasteiger partial charge in [0.05, 0.1) is 7.11 Å². The van der Waals surface area contributed by atoms with Gasteiger partial charge in [0.1, 0.15) is 17.4 Å². The highest BCUT2D eigenvalue weighted by Crippen LogP contribution is 2.26. The van der Waals surface area contributed by atoms with Gasteiger partial charge in [-0.25, -0.2) is 8.78 Å². The van der Waals surface area contributed by atoms with Crippen LogP contribution in [0.2, 0.25) is 5.02 Å². The van der Waals surface area contributed by atoms with Gasteiger partial charge in [-0.15, -0.1) is 0 Å². The average molecular weight is 312 g/mol. The minimum atomic E-state index is -0.339. The summed E-state index contributed by atoms with van der Waals surface area (Å²) >= 11 is 5.85. The Kier molecular flexibility index (Phi) is 5.15. The van der Waals surface area contributed by atoms with Crippen LogP contribution in [0, 0.1) is 11.6 Å². The average Bonchev–Trinajstić information content (AvgIpc) is 2.47. The van der Waals surface area contributed by atoms with Gasteiger partial charge in [-0.3, -0.25) is 0 Å². The Morgan fingerprint density at radius 1 is 1.19 bits per heavy atom. The Balaban J connectivity index is 2.13. The molecule has 2 aromatic carbocycles. The van der Waals surface area contributed by atoms with Gasteiger partial charge in [-0.1, -0.05) is 11.6 Å². The van der Waals surface area contributed by atoms with Gasteiger partial charge < -0.3 is 10.1 Å². The number of methoxy groups -OCH3 is 1. The molecule has 0 heterocycles. The smallest absolute Gasteiger partial charge is 0.127 e. The lowest BCUT2D eigenvalue weighted by Crippen LogP contribution is -2.19. The first kappa shape index (κ1) is 15.7. The van der Waals surface area contributed by atoms with E-state index in [1.165, 1.54) is 31.4 Å². The van der Waals surface area contributed by atoms with Crippen molar-refractivity contribution in [2.75, 3.05) is 7.11 Å². The number of ether oxygens (including phenoxy) is 1. The lowest BCUT2D eigenvalue weighted by molar-refractivity contribution is 0.399. The van der Waals surface area contributed by atoms with E-state index in [1.54, 1.807) is 12.1 Å². The van der Waals surface area contributed by atoms with Crippen molar-refractivity contribution in [2.45, 2.75) is 19.5 Å². The van der Waals surface area contributed by atoms with Crippen molar-refractivity contribution in [2.24, 2.45) is 0 Å². The Bertz CT molecular complexity index is 634. The number of halogens is 3. The number of nitrogens with one attached hydrogen (secondary N) is 1. The highest BCUT2D eigenvalue weighted by molar-refractivity contribution is 6.30. The normalized spacial score (nSPS) is 12.2. The zero-order valence-corrected chi connectivity index (χ0v) is 12.5. The van der Waals surface area contributed by atoms with E-state index in [-0.39, 0.29) is 24.2 Å². The number of benzene rings is 2. The van der Waals surface area contributed by atoms with Crippen molar-refractivity contribution in [3.63, 3.8) is 0 Å². The first-order valence-electron chi connectivity index (χ1n) is 6.52. The molecule has 0 aliphatic heterocycles. The molecule has 0 saturated carbocycles. The van der Waals surface area contributed by atoms with Crippen LogP contribution < -0.4 is 10.1 Å². The van der Waals surface area contributed by atoms with Crippen LogP contribution in [0.3, 0.4) is 0 Å². The van der Waals surface area contributed by atoms with E-state index in [9.17, 15) is 8.78 Å². The van der Waals surface area contributed by atoms with Gasteiger partial charge in [-0.05, 0) is 43.3 Å². The molecule has 0 spiro atoms. The number of hydrogen-bond acceptors (Lipinski definition) is 2. The monoisotopic (exact) mass is 311 g/mol. The summed E-state index contributed by atoms with van der Waals surface area (Å²) in [6.45, 7) is 2.15. The molecule has 0 amide bonds. The third-order valence-corrected chi connectivity index (χ3v) is 3.50. The molecule has 0 bridgehead atoms. The van der Waals surface area contributed by atoms with Crippen molar-refractivity contribution < 1.29 is 13.5 Å². The maximum absolute atomic E-state index is 13.6. The molecule has 1 atom stereocenters. The van der Waals surface area contributed by atoms with Crippen molar-refractivity contribution in [3.05, 3.63) is 64.2 Å². The van der Waals surface area contributed by atoms with Crippen molar-refractivity contribution >= 4 is 11.6 Å². The van der Waals surface area contributed by atoms with Crippen molar-refractivity contribution in [3.8, 4) is 5.75 Å². The van der Waals surface area contributed by atoms with E-state index < -0.39 is 0 Å². The molecule has 2 aromatic rings. The molecular weight excluding hydrogens is 296 g/mol. The maximum Gasteiger partial charge on any atom is 0.127 e. The fourth-order valence-electron chi connectivity index (χ4n) is 2.10. The van der Waals surface area contributed by atoms with Crippen LogP contribution in [-0.2, 0) is 6.54 Å². The Hall–Kier alpha value is -1.65. The van der Waals surface area contributed by atoms with E-state index in [0.717, 1.165) is 0 Å². The summed E-state index contributed by atoms with van der Waals surface area (Å²) in [4.78, 5) is 0. The fraction of sp³-hybridized carbons (Fsp3) is 0.250. The van der Waals surface area contributed by atoms with Gasteiger partial charge in [-0.2, -0.15) is 0 Å². The summed E-state index contributed by atoms with van der Waals surface area (Å²) in [5.41, 5.74) is 1.14. The fourth-order valence-corrected chi connectivity index (χ4v) is 2.29. The van der Waals surface area contributed by atoms with Crippen molar-refractivity contribution in [1.82, 2.24) is 5.32 Å². The number of hydrogen-bond donors (Lipinski definition) is 1. The van der Waals surface area contributed by atoms with Gasteiger partial charge >= 0.3 is 0 Å². The molecule has 0 aliphatic rings. The predicted octanol–water partition coefficient (Wildman–Crippen LogP) is 4.48. The minimum absolute atomic E-state index is 0.200. The molecule has 1 unspecified atom stereocenters. The molecule has 0 fully saturated rings. The molecular formula is C16H16ClF2NO. The summed E-state index contributed by atoms with van der Waals surface area (Å²) in [7, 11) is 1.53. The Labute approximate surface area is 127 Å². The van der Waals surface area contributed by atoms with Gasteiger partial charge in [0.15, 0.2) is 0 Å². The quantitative estimate of drug-likeness (QED) is 0.879. The molecule has 0 aliphatic carbocycles. The van der Waals surface area contributed by atoms with Crippen LogP contribution in [0.15, 0.2) is 36.4 Å². The molecule has 1 N–H and O–H groups in total. The molecule has 5 heteroatoms. The lowest BCUT2D eigenvalue weighted by Gasteiger charge is -2.17. The summed E-state index contributed by atoms with van der Waals surface area (Å²) in [6, 6.07) is 8.51. The molecule has 0 aromatic heterocycles. The van der Waals surface area contributed by atoms with Crippen LogP contribution in [0.4, 0.5) is 8.78 Å². The third-order valence-electron chi connectivity index (χ3n) is 3.26. The highest BCUT2D eigenvalue weighted by atomic mass is 35.5. The summed E-state index contributed by atoms with van der Waals surface area (Å²) < 4.78 is 32.2. The molecule has 0 radical (unpaired) electrons. The molecule has 21 heavy (non-hydrogen) atoms. The molecule has 2 nitrogen and oxygen atoms in total. The van der Waals surface area contributed by atoms with E-state index >= 15 is 0 Å². The van der Waals surface area contributed by atoms with Crippen LogP contribution in [-0.4, -0.2) is 7.11 Å². The predicted molar refractivity (Wildman–Crippen MR) is 79.6 cm³/mol. The summed E-state index contributed by atoms with van der Waals surface area (Å²) in [5, 5.41) is 3.62. The summed E-state index contributed by atoms with van der Waals surface area (Å²) in [5.74, 6) is -0.0818. The second-order valence-corrected chi connectivity index (χ2v) is 5.16. The van der Waals surface area contributed by atoms with Crippen LogP contribution in [0.1, 0.15) is 24.1 Å². The lowest BCUT2D eigenvalue weighted by atomic mass is 10.1. The van der Waals surface area contributed by atoms with Gasteiger partial charge in [0.25, 0.3) is 0 Å². The standard InChI is InChI=1S/C16H16ClF2NO/c1-10(14-8-13(18)4-6-16(14)21-2)20-9-11-7-12(17)3-5-15(11)19/h3-8,10,20H,9H2,1-2H3. The Morgan fingerprint density at radius 2 is 1.95 bits per heavy atom. The Morgan fingerprint density at radius 3 is 2.67 bits per heavy atom. The first-order chi connectivity index (χ1) is 10.0. The molecule has 2 rings (SSSR count). The van der Waals surface area contributed by atoms with E-state index in [4.69, 9.17) is 16.3 Å². The van der Waals surface area contributed by atoms with E-state index in [1.807, 2.05) is 6.92 Å². The molecule has 0 saturated heterocycles. The van der Waals surface area contributed by atoms with Gasteiger partial charge in [0, 0.05) is 28.7 Å².